The molecule has 0 aliphatic carbocycles. The topological polar surface area (TPSA) is 69.2 Å². The van der Waals surface area contributed by atoms with E-state index in [-0.39, 0.29) is 5.91 Å². The molecule has 2 aromatic rings. The average Bonchev–Trinajstić information content (AvgIpc) is 2.72. The van der Waals surface area contributed by atoms with Crippen LogP contribution in [0.1, 0.15) is 49.0 Å². The van der Waals surface area contributed by atoms with Gasteiger partial charge in [0, 0.05) is 5.56 Å². The van der Waals surface area contributed by atoms with Crippen LogP contribution in [-0.4, -0.2) is 32.4 Å². The molecule has 28 heavy (non-hydrogen) atoms. The van der Waals surface area contributed by atoms with Crippen molar-refractivity contribution in [2.75, 3.05) is 20.3 Å². The number of hydrogen-bond donors (Lipinski definition) is 1. The second-order valence-corrected chi connectivity index (χ2v) is 6.12. The highest BCUT2D eigenvalue weighted by Crippen LogP contribution is 2.27. The highest BCUT2D eigenvalue weighted by Gasteiger charge is 2.06. The van der Waals surface area contributed by atoms with E-state index in [1.54, 1.807) is 37.6 Å². The largest absolute Gasteiger partial charge is 0.494 e. The van der Waals surface area contributed by atoms with Crippen molar-refractivity contribution in [3.63, 3.8) is 0 Å². The molecule has 6 nitrogen and oxygen atoms in total. The van der Waals surface area contributed by atoms with E-state index < -0.39 is 0 Å². The SMILES string of the molecule is CCCCCOc1ccc(C=NNC(=O)c2ccc(OCC)cc2)cc1OC. The third kappa shape index (κ3) is 6.61. The van der Waals surface area contributed by atoms with Gasteiger partial charge in [-0.2, -0.15) is 5.10 Å². The van der Waals surface area contributed by atoms with Gasteiger partial charge < -0.3 is 14.2 Å². The maximum Gasteiger partial charge on any atom is 0.271 e. The van der Waals surface area contributed by atoms with Crippen LogP contribution in [0.2, 0.25) is 0 Å². The first-order valence-electron chi connectivity index (χ1n) is 9.55. The molecule has 0 heterocycles. The molecule has 6 heteroatoms. The average molecular weight is 384 g/mol. The number of carbonyl (C=O) groups is 1. The van der Waals surface area contributed by atoms with Gasteiger partial charge in [-0.25, -0.2) is 5.43 Å². The highest BCUT2D eigenvalue weighted by atomic mass is 16.5. The van der Waals surface area contributed by atoms with E-state index in [9.17, 15) is 4.79 Å². The van der Waals surface area contributed by atoms with Crippen LogP contribution < -0.4 is 19.6 Å². The lowest BCUT2D eigenvalue weighted by molar-refractivity contribution is 0.0955. The minimum Gasteiger partial charge on any atom is -0.494 e. The number of amides is 1. The molecule has 2 rings (SSSR count). The Balaban J connectivity index is 1.92. The zero-order valence-electron chi connectivity index (χ0n) is 16.7. The Kier molecular flexibility index (Phi) is 8.85. The van der Waals surface area contributed by atoms with Gasteiger partial charge >= 0.3 is 0 Å². The third-order valence-corrected chi connectivity index (χ3v) is 4.00. The third-order valence-electron chi connectivity index (χ3n) is 4.00. The number of methoxy groups -OCH3 is 1. The lowest BCUT2D eigenvalue weighted by Crippen LogP contribution is -2.17. The molecule has 2 aromatic carbocycles. The van der Waals surface area contributed by atoms with Gasteiger partial charge in [-0.3, -0.25) is 4.79 Å². The smallest absolute Gasteiger partial charge is 0.271 e. The van der Waals surface area contributed by atoms with Crippen molar-refractivity contribution in [1.82, 2.24) is 5.43 Å². The van der Waals surface area contributed by atoms with Gasteiger partial charge in [0.15, 0.2) is 11.5 Å². The molecule has 1 amide bonds. The Hall–Kier alpha value is -3.02. The highest BCUT2D eigenvalue weighted by molar-refractivity contribution is 5.95. The fraction of sp³-hybridized carbons (Fsp3) is 0.364. The second kappa shape index (κ2) is 11.6. The van der Waals surface area contributed by atoms with Crippen LogP contribution in [0.25, 0.3) is 0 Å². The van der Waals surface area contributed by atoms with Crippen molar-refractivity contribution in [2.45, 2.75) is 33.1 Å². The van der Waals surface area contributed by atoms with Gasteiger partial charge in [-0.05, 0) is 61.4 Å². The van der Waals surface area contributed by atoms with E-state index in [1.165, 1.54) is 0 Å². The van der Waals surface area contributed by atoms with Crippen molar-refractivity contribution in [2.24, 2.45) is 5.10 Å². The number of ether oxygens (including phenoxy) is 3. The summed E-state index contributed by atoms with van der Waals surface area (Å²) < 4.78 is 16.5. The van der Waals surface area contributed by atoms with Crippen LogP contribution in [-0.2, 0) is 0 Å². The summed E-state index contributed by atoms with van der Waals surface area (Å²) in [5, 5.41) is 4.02. The number of hydrazone groups is 1. The van der Waals surface area contributed by atoms with Crippen LogP contribution in [0.5, 0.6) is 17.2 Å². The van der Waals surface area contributed by atoms with Crippen molar-refractivity contribution in [1.29, 1.82) is 0 Å². The summed E-state index contributed by atoms with van der Waals surface area (Å²) >= 11 is 0. The molecule has 0 aromatic heterocycles. The first-order chi connectivity index (χ1) is 13.7. The van der Waals surface area contributed by atoms with E-state index in [4.69, 9.17) is 14.2 Å². The van der Waals surface area contributed by atoms with Crippen LogP contribution in [0.3, 0.4) is 0 Å². The van der Waals surface area contributed by atoms with E-state index in [0.717, 1.165) is 30.6 Å². The number of unbranched alkanes of at least 4 members (excludes halogenated alkanes) is 2. The van der Waals surface area contributed by atoms with Crippen LogP contribution in [0.15, 0.2) is 47.6 Å². The fourth-order valence-electron chi connectivity index (χ4n) is 2.52. The molecule has 0 aliphatic heterocycles. The Morgan fingerprint density at radius 3 is 2.50 bits per heavy atom. The molecule has 0 bridgehead atoms. The van der Waals surface area contributed by atoms with Gasteiger partial charge in [-0.15, -0.1) is 0 Å². The number of rotatable bonds is 11. The van der Waals surface area contributed by atoms with Crippen molar-refractivity contribution in [3.8, 4) is 17.2 Å². The van der Waals surface area contributed by atoms with Gasteiger partial charge in [0.1, 0.15) is 5.75 Å². The molecule has 0 atom stereocenters. The minimum absolute atomic E-state index is 0.290. The summed E-state index contributed by atoms with van der Waals surface area (Å²) in [7, 11) is 1.60. The molecule has 1 N–H and O–H groups in total. The second-order valence-electron chi connectivity index (χ2n) is 6.12. The van der Waals surface area contributed by atoms with Crippen molar-refractivity contribution >= 4 is 12.1 Å². The number of benzene rings is 2. The van der Waals surface area contributed by atoms with Crippen molar-refractivity contribution in [3.05, 3.63) is 53.6 Å². The number of carbonyl (C=O) groups excluding carboxylic acids is 1. The zero-order valence-corrected chi connectivity index (χ0v) is 16.7. The molecule has 0 saturated heterocycles. The molecule has 0 saturated carbocycles. The molecular weight excluding hydrogens is 356 g/mol. The quantitative estimate of drug-likeness (QED) is 0.354. The summed E-state index contributed by atoms with van der Waals surface area (Å²) in [5.41, 5.74) is 3.82. The predicted molar refractivity (Wildman–Crippen MR) is 111 cm³/mol. The number of hydrogen-bond acceptors (Lipinski definition) is 5. The Morgan fingerprint density at radius 2 is 1.82 bits per heavy atom. The van der Waals surface area contributed by atoms with Crippen LogP contribution in [0.4, 0.5) is 0 Å². The molecule has 150 valence electrons. The standard InChI is InChI=1S/C22H28N2O4/c1-4-6-7-14-28-20-13-8-17(15-21(20)26-3)16-23-24-22(25)18-9-11-19(12-10-18)27-5-2/h8-13,15-16H,4-7,14H2,1-3H3,(H,24,25). The zero-order chi connectivity index (χ0) is 20.2. The van der Waals surface area contributed by atoms with Gasteiger partial charge in [0.05, 0.1) is 26.5 Å². The van der Waals surface area contributed by atoms with Crippen LogP contribution in [0, 0.1) is 0 Å². The molecule has 0 aliphatic rings. The van der Waals surface area contributed by atoms with Gasteiger partial charge in [0.2, 0.25) is 0 Å². The Labute approximate surface area is 166 Å². The molecule has 0 unspecified atom stereocenters. The lowest BCUT2D eigenvalue weighted by Gasteiger charge is -2.11. The maximum absolute atomic E-state index is 12.1. The normalized spacial score (nSPS) is 10.7. The molecular formula is C22H28N2O4. The molecule has 0 spiro atoms. The monoisotopic (exact) mass is 384 g/mol. The molecule has 0 fully saturated rings. The summed E-state index contributed by atoms with van der Waals surface area (Å²) in [4.78, 5) is 12.1. The Morgan fingerprint density at radius 1 is 1.04 bits per heavy atom. The number of nitrogens with one attached hydrogen (secondary N) is 1. The lowest BCUT2D eigenvalue weighted by atomic mass is 10.2. The van der Waals surface area contributed by atoms with Crippen LogP contribution >= 0.6 is 0 Å². The van der Waals surface area contributed by atoms with E-state index >= 15 is 0 Å². The summed E-state index contributed by atoms with van der Waals surface area (Å²) in [5.74, 6) is 1.78. The first kappa shape index (κ1) is 21.3. The molecule has 0 radical (unpaired) electrons. The van der Waals surface area contributed by atoms with E-state index in [2.05, 4.69) is 17.5 Å². The Bertz CT molecular complexity index is 773. The van der Waals surface area contributed by atoms with Gasteiger partial charge in [-0.1, -0.05) is 19.8 Å². The summed E-state index contributed by atoms with van der Waals surface area (Å²) in [6, 6.07) is 12.4. The van der Waals surface area contributed by atoms with Gasteiger partial charge in [0.25, 0.3) is 5.91 Å². The minimum atomic E-state index is -0.290. The number of nitrogens with zero attached hydrogens (tertiary/aromatic N) is 1. The first-order valence-corrected chi connectivity index (χ1v) is 9.55. The predicted octanol–water partition coefficient (Wildman–Crippen LogP) is 4.43. The summed E-state index contributed by atoms with van der Waals surface area (Å²) in [6.07, 6.45) is 4.87. The van der Waals surface area contributed by atoms with E-state index in [0.29, 0.717) is 30.3 Å². The van der Waals surface area contributed by atoms with Crippen molar-refractivity contribution < 1.29 is 19.0 Å². The maximum atomic E-state index is 12.1. The summed E-state index contributed by atoms with van der Waals surface area (Å²) in [6.45, 7) is 5.32. The van der Waals surface area contributed by atoms with E-state index in [1.807, 2.05) is 25.1 Å². The fourth-order valence-corrected chi connectivity index (χ4v) is 2.52.